The molecule has 1 aliphatic heterocycles. The molecule has 1 saturated heterocycles. The third-order valence-electron chi connectivity index (χ3n) is 5.62. The zero-order valence-corrected chi connectivity index (χ0v) is 19.4. The van der Waals surface area contributed by atoms with Gasteiger partial charge in [-0.15, -0.1) is 0 Å². The number of carbonyl (C=O) groups excluding carboxylic acids is 2. The van der Waals surface area contributed by atoms with Crippen LogP contribution in [0.5, 0.6) is 5.75 Å². The van der Waals surface area contributed by atoms with Crippen molar-refractivity contribution in [3.63, 3.8) is 0 Å². The van der Waals surface area contributed by atoms with Gasteiger partial charge in [0.2, 0.25) is 10.0 Å². The largest absolute Gasteiger partial charge is 0.493 e. The normalized spacial score (nSPS) is 14.6. The number of hydrogen-bond acceptors (Lipinski definition) is 6. The second kappa shape index (κ2) is 10.7. The molecule has 0 saturated carbocycles. The van der Waals surface area contributed by atoms with E-state index in [9.17, 15) is 18.0 Å². The molecule has 1 aliphatic rings. The molecule has 1 fully saturated rings. The van der Waals surface area contributed by atoms with Crippen LogP contribution < -0.4 is 4.74 Å². The van der Waals surface area contributed by atoms with Gasteiger partial charge in [-0.1, -0.05) is 48.5 Å². The Labute approximate surface area is 198 Å². The van der Waals surface area contributed by atoms with E-state index < -0.39 is 16.0 Å². The summed E-state index contributed by atoms with van der Waals surface area (Å²) in [6.07, 6.45) is 0.0277. The molecule has 0 radical (unpaired) electrons. The van der Waals surface area contributed by atoms with Crippen molar-refractivity contribution in [2.45, 2.75) is 11.3 Å². The van der Waals surface area contributed by atoms with E-state index in [-0.39, 0.29) is 56.6 Å². The van der Waals surface area contributed by atoms with Crippen LogP contribution in [-0.4, -0.2) is 68.9 Å². The van der Waals surface area contributed by atoms with E-state index in [2.05, 4.69) is 0 Å². The molecule has 1 amide bonds. The van der Waals surface area contributed by atoms with Crippen LogP contribution in [0, 0.1) is 0 Å². The molecule has 0 bridgehead atoms. The molecule has 0 spiro atoms. The Kier molecular flexibility index (Phi) is 7.44. The third-order valence-corrected chi connectivity index (χ3v) is 7.52. The first-order valence-corrected chi connectivity index (χ1v) is 12.5. The van der Waals surface area contributed by atoms with Gasteiger partial charge in [0.05, 0.1) is 17.9 Å². The van der Waals surface area contributed by atoms with Gasteiger partial charge in [-0.2, -0.15) is 4.31 Å². The molecule has 8 nitrogen and oxygen atoms in total. The van der Waals surface area contributed by atoms with E-state index in [1.54, 1.807) is 30.3 Å². The van der Waals surface area contributed by atoms with Gasteiger partial charge in [0.25, 0.3) is 5.91 Å². The topological polar surface area (TPSA) is 93.2 Å². The van der Waals surface area contributed by atoms with E-state index in [0.717, 1.165) is 10.8 Å². The highest BCUT2D eigenvalue weighted by molar-refractivity contribution is 7.89. The maximum absolute atomic E-state index is 13.1. The number of hydrogen-bond donors (Lipinski definition) is 0. The SMILES string of the molecule is O=C(CCOc1ccccc1)OCC(=O)N1CCN(S(=O)(=O)c2ccc3ccccc3c2)CC1. The van der Waals surface area contributed by atoms with Crippen molar-refractivity contribution in [1.82, 2.24) is 9.21 Å². The molecule has 0 N–H and O–H groups in total. The minimum Gasteiger partial charge on any atom is -0.493 e. The zero-order valence-electron chi connectivity index (χ0n) is 18.6. The number of carbonyl (C=O) groups is 2. The number of benzene rings is 3. The Morgan fingerprint density at radius 1 is 0.824 bits per heavy atom. The van der Waals surface area contributed by atoms with Gasteiger partial charge in [0.1, 0.15) is 5.75 Å². The summed E-state index contributed by atoms with van der Waals surface area (Å²) in [5.74, 6) is -0.218. The summed E-state index contributed by atoms with van der Waals surface area (Å²) in [5, 5.41) is 1.83. The number of ether oxygens (including phenoxy) is 2. The first-order valence-electron chi connectivity index (χ1n) is 11.0. The molecule has 0 unspecified atom stereocenters. The molecule has 3 aromatic carbocycles. The van der Waals surface area contributed by atoms with Crippen LogP contribution in [0.2, 0.25) is 0 Å². The minimum absolute atomic E-state index is 0.0277. The van der Waals surface area contributed by atoms with Crippen LogP contribution in [0.1, 0.15) is 6.42 Å². The minimum atomic E-state index is -3.67. The van der Waals surface area contributed by atoms with Gasteiger partial charge in [-0.25, -0.2) is 8.42 Å². The smallest absolute Gasteiger partial charge is 0.309 e. The number of nitrogens with zero attached hydrogens (tertiary/aromatic N) is 2. The van der Waals surface area contributed by atoms with Crippen molar-refractivity contribution in [2.75, 3.05) is 39.4 Å². The summed E-state index contributed by atoms with van der Waals surface area (Å²) in [4.78, 5) is 26.1. The van der Waals surface area contributed by atoms with Gasteiger partial charge in [0, 0.05) is 26.2 Å². The highest BCUT2D eigenvalue weighted by atomic mass is 32.2. The molecule has 178 valence electrons. The highest BCUT2D eigenvalue weighted by Gasteiger charge is 2.30. The molecule has 1 heterocycles. The Balaban J connectivity index is 1.23. The molecule has 0 aliphatic carbocycles. The lowest BCUT2D eigenvalue weighted by Crippen LogP contribution is -2.51. The van der Waals surface area contributed by atoms with Crippen LogP contribution in [0.25, 0.3) is 10.8 Å². The maximum atomic E-state index is 13.1. The van der Waals surface area contributed by atoms with Crippen LogP contribution >= 0.6 is 0 Å². The van der Waals surface area contributed by atoms with Crippen LogP contribution in [0.15, 0.2) is 77.7 Å². The third kappa shape index (κ3) is 5.73. The number of esters is 1. The zero-order chi connectivity index (χ0) is 24.0. The Morgan fingerprint density at radius 2 is 1.50 bits per heavy atom. The average Bonchev–Trinajstić information content (AvgIpc) is 2.87. The highest BCUT2D eigenvalue weighted by Crippen LogP contribution is 2.23. The van der Waals surface area contributed by atoms with Gasteiger partial charge < -0.3 is 14.4 Å². The molecule has 34 heavy (non-hydrogen) atoms. The second-order valence-corrected chi connectivity index (χ2v) is 9.80. The number of rotatable bonds is 8. The van der Waals surface area contributed by atoms with E-state index in [1.165, 1.54) is 9.21 Å². The average molecular weight is 483 g/mol. The lowest BCUT2D eigenvalue weighted by molar-refractivity contribution is -0.152. The van der Waals surface area contributed by atoms with Crippen molar-refractivity contribution in [3.05, 3.63) is 72.8 Å². The lowest BCUT2D eigenvalue weighted by atomic mass is 10.1. The predicted molar refractivity (Wildman–Crippen MR) is 127 cm³/mol. The summed E-state index contributed by atoms with van der Waals surface area (Å²) in [5.41, 5.74) is 0. The number of fused-ring (bicyclic) bond motifs is 1. The van der Waals surface area contributed by atoms with Crippen LogP contribution in [-0.2, 0) is 24.3 Å². The lowest BCUT2D eigenvalue weighted by Gasteiger charge is -2.33. The van der Waals surface area contributed by atoms with Crippen molar-refractivity contribution in [1.29, 1.82) is 0 Å². The first-order chi connectivity index (χ1) is 16.4. The van der Waals surface area contributed by atoms with Crippen LogP contribution in [0.4, 0.5) is 0 Å². The summed E-state index contributed by atoms with van der Waals surface area (Å²) in [6, 6.07) is 21.8. The fourth-order valence-corrected chi connectivity index (χ4v) is 5.19. The van der Waals surface area contributed by atoms with Gasteiger partial charge in [-0.3, -0.25) is 9.59 Å². The Bertz CT molecular complexity index is 1250. The number of amides is 1. The predicted octanol–water partition coefficient (Wildman–Crippen LogP) is 2.69. The monoisotopic (exact) mass is 482 g/mol. The fraction of sp³-hybridized carbons (Fsp3) is 0.280. The Morgan fingerprint density at radius 3 is 2.24 bits per heavy atom. The summed E-state index contributed by atoms with van der Waals surface area (Å²) in [6.45, 7) is 0.615. The van der Waals surface area contributed by atoms with Crippen LogP contribution in [0.3, 0.4) is 0 Å². The summed E-state index contributed by atoms with van der Waals surface area (Å²) < 4.78 is 38.0. The van der Waals surface area contributed by atoms with E-state index in [1.807, 2.05) is 42.5 Å². The molecule has 0 aromatic heterocycles. The van der Waals surface area contributed by atoms with Gasteiger partial charge in [0.15, 0.2) is 6.61 Å². The molecular weight excluding hydrogens is 456 g/mol. The van der Waals surface area contributed by atoms with Gasteiger partial charge in [-0.05, 0) is 35.0 Å². The van der Waals surface area contributed by atoms with Crippen molar-refractivity contribution in [3.8, 4) is 5.75 Å². The molecule has 3 aromatic rings. The maximum Gasteiger partial charge on any atom is 0.309 e. The van der Waals surface area contributed by atoms with E-state index >= 15 is 0 Å². The number of piperazine rings is 1. The number of sulfonamides is 1. The standard InChI is InChI=1S/C25H26N2O6S/c28-24(19-33-25(29)12-17-32-22-8-2-1-3-9-22)26-13-15-27(16-14-26)34(30,31)23-11-10-20-6-4-5-7-21(20)18-23/h1-11,18H,12-17,19H2. The van der Waals surface area contributed by atoms with Crippen molar-refractivity contribution in [2.24, 2.45) is 0 Å². The number of para-hydroxylation sites is 1. The molecular formula is C25H26N2O6S. The fourth-order valence-electron chi connectivity index (χ4n) is 3.73. The van der Waals surface area contributed by atoms with Crippen molar-refractivity contribution >= 4 is 32.7 Å². The quantitative estimate of drug-likeness (QED) is 0.459. The van der Waals surface area contributed by atoms with E-state index in [4.69, 9.17) is 9.47 Å². The first kappa shape index (κ1) is 23.7. The Hall–Kier alpha value is -3.43. The van der Waals surface area contributed by atoms with E-state index in [0.29, 0.717) is 5.75 Å². The molecule has 4 rings (SSSR count). The second-order valence-electron chi connectivity index (χ2n) is 7.87. The molecule has 9 heteroatoms. The van der Waals surface area contributed by atoms with Gasteiger partial charge >= 0.3 is 5.97 Å². The van der Waals surface area contributed by atoms with Crippen molar-refractivity contribution < 1.29 is 27.5 Å². The summed E-state index contributed by atoms with van der Waals surface area (Å²) in [7, 11) is -3.67. The summed E-state index contributed by atoms with van der Waals surface area (Å²) >= 11 is 0. The molecule has 0 atom stereocenters.